The van der Waals surface area contributed by atoms with E-state index in [4.69, 9.17) is 4.74 Å². The maximum absolute atomic E-state index is 12.7. The van der Waals surface area contributed by atoms with Gasteiger partial charge in [-0.25, -0.2) is 0 Å². The molecule has 2 aromatic rings. The summed E-state index contributed by atoms with van der Waals surface area (Å²) in [5, 5.41) is 1.96. The number of hydrogen-bond donors (Lipinski definition) is 0. The van der Waals surface area contributed by atoms with E-state index in [1.807, 2.05) is 54.8 Å². The molecule has 1 atom stereocenters. The third-order valence-electron chi connectivity index (χ3n) is 3.76. The molecular formula is C18H21NO3S. The molecule has 0 fully saturated rings. The van der Waals surface area contributed by atoms with Crippen LogP contribution in [0, 0.1) is 0 Å². The van der Waals surface area contributed by atoms with Crippen LogP contribution in [0.1, 0.15) is 29.8 Å². The maximum atomic E-state index is 12.7. The first kappa shape index (κ1) is 17.2. The minimum atomic E-state index is -0.306. The second kappa shape index (κ2) is 8.48. The number of esters is 1. The highest BCUT2D eigenvalue weighted by Crippen LogP contribution is 2.22. The molecule has 122 valence electrons. The molecule has 5 heteroatoms. The SMILES string of the molecule is COC(=O)CCN(C(=O)Cc1cccs1)C(C)c1ccccc1. The van der Waals surface area contributed by atoms with Crippen LogP contribution in [0.2, 0.25) is 0 Å². The lowest BCUT2D eigenvalue weighted by Gasteiger charge is -2.29. The number of methoxy groups -OCH3 is 1. The molecule has 1 unspecified atom stereocenters. The normalized spacial score (nSPS) is 11.7. The van der Waals surface area contributed by atoms with Gasteiger partial charge < -0.3 is 9.64 Å². The highest BCUT2D eigenvalue weighted by atomic mass is 32.1. The number of ether oxygens (including phenoxy) is 1. The predicted octanol–water partition coefficient (Wildman–Crippen LogP) is 3.44. The summed E-state index contributed by atoms with van der Waals surface area (Å²) < 4.78 is 4.70. The van der Waals surface area contributed by atoms with Crippen molar-refractivity contribution in [1.29, 1.82) is 0 Å². The third-order valence-corrected chi connectivity index (χ3v) is 4.64. The van der Waals surface area contributed by atoms with Gasteiger partial charge in [-0.15, -0.1) is 11.3 Å². The van der Waals surface area contributed by atoms with Crippen LogP contribution in [0.15, 0.2) is 47.8 Å². The summed E-state index contributed by atoms with van der Waals surface area (Å²) in [5.74, 6) is -0.285. The quantitative estimate of drug-likeness (QED) is 0.730. The molecule has 0 saturated carbocycles. The number of carbonyl (C=O) groups excluding carboxylic acids is 2. The van der Waals surface area contributed by atoms with E-state index in [1.165, 1.54) is 7.11 Å². The van der Waals surface area contributed by atoms with Crippen molar-refractivity contribution in [3.05, 3.63) is 58.3 Å². The Morgan fingerprint density at radius 1 is 1.17 bits per heavy atom. The number of rotatable bonds is 7. The summed E-state index contributed by atoms with van der Waals surface area (Å²) in [6, 6.07) is 13.6. The Hall–Kier alpha value is -2.14. The summed E-state index contributed by atoms with van der Waals surface area (Å²) in [5.41, 5.74) is 1.05. The van der Waals surface area contributed by atoms with E-state index < -0.39 is 0 Å². The van der Waals surface area contributed by atoms with E-state index in [0.29, 0.717) is 13.0 Å². The zero-order chi connectivity index (χ0) is 16.7. The third kappa shape index (κ3) is 4.93. The summed E-state index contributed by atoms with van der Waals surface area (Å²) in [6.07, 6.45) is 0.555. The first-order chi connectivity index (χ1) is 11.1. The van der Waals surface area contributed by atoms with E-state index in [0.717, 1.165) is 10.4 Å². The molecule has 0 aliphatic rings. The molecule has 0 bridgehead atoms. The van der Waals surface area contributed by atoms with Crippen molar-refractivity contribution in [3.8, 4) is 0 Å². The van der Waals surface area contributed by atoms with Crippen molar-refractivity contribution >= 4 is 23.2 Å². The fourth-order valence-electron chi connectivity index (χ4n) is 2.42. The van der Waals surface area contributed by atoms with Gasteiger partial charge in [-0.3, -0.25) is 9.59 Å². The van der Waals surface area contributed by atoms with Gasteiger partial charge in [0.15, 0.2) is 0 Å². The number of nitrogens with zero attached hydrogens (tertiary/aromatic N) is 1. The van der Waals surface area contributed by atoms with E-state index in [1.54, 1.807) is 16.2 Å². The molecular weight excluding hydrogens is 310 g/mol. The predicted molar refractivity (Wildman–Crippen MR) is 91.2 cm³/mol. The highest BCUT2D eigenvalue weighted by molar-refractivity contribution is 7.10. The minimum Gasteiger partial charge on any atom is -0.469 e. The highest BCUT2D eigenvalue weighted by Gasteiger charge is 2.22. The molecule has 1 amide bonds. The largest absolute Gasteiger partial charge is 0.469 e. The summed E-state index contributed by atoms with van der Waals surface area (Å²) in [6.45, 7) is 2.34. The van der Waals surface area contributed by atoms with Gasteiger partial charge in [0.1, 0.15) is 0 Å². The van der Waals surface area contributed by atoms with Crippen LogP contribution in [0.25, 0.3) is 0 Å². The van der Waals surface area contributed by atoms with Gasteiger partial charge in [-0.1, -0.05) is 36.4 Å². The van der Waals surface area contributed by atoms with Crippen molar-refractivity contribution in [2.24, 2.45) is 0 Å². The monoisotopic (exact) mass is 331 g/mol. The number of carbonyl (C=O) groups is 2. The number of benzene rings is 1. The Kier molecular flexibility index (Phi) is 6.35. The second-order valence-corrected chi connectivity index (χ2v) is 6.29. The zero-order valence-electron chi connectivity index (χ0n) is 13.4. The van der Waals surface area contributed by atoms with Gasteiger partial charge in [0, 0.05) is 11.4 Å². The molecule has 23 heavy (non-hydrogen) atoms. The van der Waals surface area contributed by atoms with Crippen LogP contribution < -0.4 is 0 Å². The number of amides is 1. The van der Waals surface area contributed by atoms with E-state index in [-0.39, 0.29) is 24.3 Å². The Morgan fingerprint density at radius 3 is 2.52 bits per heavy atom. The van der Waals surface area contributed by atoms with Crippen molar-refractivity contribution < 1.29 is 14.3 Å². The Balaban J connectivity index is 2.13. The minimum absolute atomic E-state index is 0.0210. The smallest absolute Gasteiger partial charge is 0.307 e. The van der Waals surface area contributed by atoms with Crippen LogP contribution >= 0.6 is 11.3 Å². The summed E-state index contributed by atoms with van der Waals surface area (Å²) in [7, 11) is 1.36. The molecule has 2 rings (SSSR count). The first-order valence-corrected chi connectivity index (χ1v) is 8.43. The van der Waals surface area contributed by atoms with Crippen LogP contribution in [-0.4, -0.2) is 30.4 Å². The van der Waals surface area contributed by atoms with Gasteiger partial charge in [0.05, 0.1) is 26.0 Å². The Morgan fingerprint density at radius 2 is 1.91 bits per heavy atom. The number of thiophene rings is 1. The molecule has 4 nitrogen and oxygen atoms in total. The van der Waals surface area contributed by atoms with Crippen molar-refractivity contribution in [3.63, 3.8) is 0 Å². The van der Waals surface area contributed by atoms with Gasteiger partial charge in [-0.2, -0.15) is 0 Å². The fraction of sp³-hybridized carbons (Fsp3) is 0.333. The van der Waals surface area contributed by atoms with Gasteiger partial charge in [-0.05, 0) is 23.9 Å². The van der Waals surface area contributed by atoms with Gasteiger partial charge in [0.25, 0.3) is 0 Å². The molecule has 0 aliphatic carbocycles. The molecule has 0 radical (unpaired) electrons. The average Bonchev–Trinajstić information content (AvgIpc) is 3.08. The van der Waals surface area contributed by atoms with E-state index in [2.05, 4.69) is 0 Å². The Bertz CT molecular complexity index is 625. The van der Waals surface area contributed by atoms with Crippen LogP contribution in [0.5, 0.6) is 0 Å². The molecule has 1 heterocycles. The van der Waals surface area contributed by atoms with Gasteiger partial charge in [0.2, 0.25) is 5.91 Å². The number of hydrogen-bond acceptors (Lipinski definition) is 4. The lowest BCUT2D eigenvalue weighted by molar-refractivity contribution is -0.142. The standard InChI is InChI=1S/C18H21NO3S/c1-14(15-7-4-3-5-8-15)19(11-10-18(21)22-2)17(20)13-16-9-6-12-23-16/h3-9,12,14H,10-11,13H2,1-2H3. The van der Waals surface area contributed by atoms with Crippen LogP contribution in [0.4, 0.5) is 0 Å². The summed E-state index contributed by atoms with van der Waals surface area (Å²) in [4.78, 5) is 26.9. The maximum Gasteiger partial charge on any atom is 0.307 e. The Labute approximate surface area is 140 Å². The molecule has 1 aromatic heterocycles. The lowest BCUT2D eigenvalue weighted by Crippen LogP contribution is -2.36. The second-order valence-electron chi connectivity index (χ2n) is 5.26. The van der Waals surface area contributed by atoms with Crippen molar-refractivity contribution in [1.82, 2.24) is 4.90 Å². The molecule has 1 aromatic carbocycles. The molecule has 0 aliphatic heterocycles. The topological polar surface area (TPSA) is 46.6 Å². The zero-order valence-corrected chi connectivity index (χ0v) is 14.2. The first-order valence-electron chi connectivity index (χ1n) is 7.55. The molecule has 0 N–H and O–H groups in total. The molecule has 0 spiro atoms. The summed E-state index contributed by atoms with van der Waals surface area (Å²) >= 11 is 1.57. The van der Waals surface area contributed by atoms with Crippen LogP contribution in [-0.2, 0) is 20.7 Å². The average molecular weight is 331 g/mol. The fourth-order valence-corrected chi connectivity index (χ4v) is 3.12. The van der Waals surface area contributed by atoms with E-state index >= 15 is 0 Å². The van der Waals surface area contributed by atoms with Gasteiger partial charge >= 0.3 is 5.97 Å². The van der Waals surface area contributed by atoms with Crippen LogP contribution in [0.3, 0.4) is 0 Å². The van der Waals surface area contributed by atoms with Crippen molar-refractivity contribution in [2.45, 2.75) is 25.8 Å². The van der Waals surface area contributed by atoms with Crippen molar-refractivity contribution in [2.75, 3.05) is 13.7 Å². The van der Waals surface area contributed by atoms with E-state index in [9.17, 15) is 9.59 Å². The lowest BCUT2D eigenvalue weighted by atomic mass is 10.1. The molecule has 0 saturated heterocycles.